The Kier molecular flexibility index (Phi) is 6.87. The molecule has 0 fully saturated rings. The molecule has 28 heavy (non-hydrogen) atoms. The Morgan fingerprint density at radius 1 is 1.11 bits per heavy atom. The van der Waals surface area contributed by atoms with Crippen molar-refractivity contribution in [3.8, 4) is 11.4 Å². The number of rotatable bonds is 8. The normalized spacial score (nSPS) is 12.0. The molecule has 1 aromatic heterocycles. The monoisotopic (exact) mass is 394 g/mol. The van der Waals surface area contributed by atoms with E-state index >= 15 is 0 Å². The van der Waals surface area contributed by atoms with Crippen LogP contribution in [0, 0.1) is 6.92 Å². The van der Waals surface area contributed by atoms with Crippen LogP contribution < -0.4 is 5.32 Å². The lowest BCUT2D eigenvalue weighted by Crippen LogP contribution is -2.30. The largest absolute Gasteiger partial charge is 0.349 e. The molecule has 0 bridgehead atoms. The Labute approximate surface area is 170 Å². The smallest absolute Gasteiger partial charge is 0.230 e. The summed E-state index contributed by atoms with van der Waals surface area (Å²) in [6, 6.07) is 18.4. The zero-order valence-electron chi connectivity index (χ0n) is 16.6. The van der Waals surface area contributed by atoms with E-state index < -0.39 is 0 Å². The summed E-state index contributed by atoms with van der Waals surface area (Å²) in [4.78, 5) is 12.5. The van der Waals surface area contributed by atoms with E-state index in [9.17, 15) is 4.79 Å². The number of carbonyl (C=O) groups excluding carboxylic acids is 1. The fourth-order valence-electron chi connectivity index (χ4n) is 3.06. The van der Waals surface area contributed by atoms with E-state index in [1.54, 1.807) is 0 Å². The Morgan fingerprint density at radius 2 is 1.82 bits per heavy atom. The van der Waals surface area contributed by atoms with Crippen LogP contribution >= 0.6 is 11.8 Å². The van der Waals surface area contributed by atoms with Crippen LogP contribution in [0.15, 0.2) is 59.8 Å². The maximum atomic E-state index is 12.5. The van der Waals surface area contributed by atoms with Crippen molar-refractivity contribution in [2.24, 2.45) is 7.05 Å². The molecule has 0 aliphatic heterocycles. The maximum absolute atomic E-state index is 12.5. The SMILES string of the molecule is CCCC(NC(=O)CSc1nnc(-c2ccc(C)cc2)n1C)c1ccccc1. The summed E-state index contributed by atoms with van der Waals surface area (Å²) in [6.45, 7) is 4.19. The van der Waals surface area contributed by atoms with Gasteiger partial charge in [-0.3, -0.25) is 4.79 Å². The Balaban J connectivity index is 1.62. The van der Waals surface area contributed by atoms with Gasteiger partial charge < -0.3 is 9.88 Å². The first kappa shape index (κ1) is 20.1. The van der Waals surface area contributed by atoms with Crippen molar-refractivity contribution in [1.29, 1.82) is 0 Å². The van der Waals surface area contributed by atoms with Gasteiger partial charge in [0.15, 0.2) is 11.0 Å². The van der Waals surface area contributed by atoms with Crippen molar-refractivity contribution >= 4 is 17.7 Å². The third kappa shape index (κ3) is 5.01. The average molecular weight is 395 g/mol. The number of amides is 1. The summed E-state index contributed by atoms with van der Waals surface area (Å²) in [5.41, 5.74) is 3.37. The van der Waals surface area contributed by atoms with Crippen molar-refractivity contribution in [3.05, 3.63) is 65.7 Å². The number of nitrogens with zero attached hydrogens (tertiary/aromatic N) is 3. The lowest BCUT2D eigenvalue weighted by Gasteiger charge is -2.18. The highest BCUT2D eigenvalue weighted by atomic mass is 32.2. The number of nitrogens with one attached hydrogen (secondary N) is 1. The van der Waals surface area contributed by atoms with Gasteiger partial charge in [0.05, 0.1) is 11.8 Å². The van der Waals surface area contributed by atoms with Crippen LogP contribution in [0.4, 0.5) is 0 Å². The third-order valence-corrected chi connectivity index (χ3v) is 5.61. The quantitative estimate of drug-likeness (QED) is 0.570. The molecule has 1 atom stereocenters. The summed E-state index contributed by atoms with van der Waals surface area (Å²) in [6.07, 6.45) is 1.93. The predicted molar refractivity (Wildman–Crippen MR) is 114 cm³/mol. The van der Waals surface area contributed by atoms with Crippen molar-refractivity contribution < 1.29 is 4.79 Å². The van der Waals surface area contributed by atoms with E-state index in [0.29, 0.717) is 5.75 Å². The molecule has 0 aliphatic carbocycles. The molecular formula is C22H26N4OS. The van der Waals surface area contributed by atoms with Gasteiger partial charge in [0.1, 0.15) is 0 Å². The van der Waals surface area contributed by atoms with E-state index in [4.69, 9.17) is 0 Å². The Bertz CT molecular complexity index is 906. The molecule has 3 aromatic rings. The van der Waals surface area contributed by atoms with Crippen molar-refractivity contribution in [1.82, 2.24) is 20.1 Å². The molecule has 3 rings (SSSR count). The van der Waals surface area contributed by atoms with Crippen molar-refractivity contribution in [2.75, 3.05) is 5.75 Å². The molecule has 1 N–H and O–H groups in total. The lowest BCUT2D eigenvalue weighted by molar-refractivity contribution is -0.119. The minimum Gasteiger partial charge on any atom is -0.349 e. The average Bonchev–Trinajstić information content (AvgIpc) is 3.08. The minimum absolute atomic E-state index is 0.00666. The molecule has 1 heterocycles. The topological polar surface area (TPSA) is 59.8 Å². The van der Waals surface area contributed by atoms with E-state index in [2.05, 4.69) is 53.6 Å². The highest BCUT2D eigenvalue weighted by molar-refractivity contribution is 7.99. The van der Waals surface area contributed by atoms with E-state index in [1.165, 1.54) is 17.3 Å². The Morgan fingerprint density at radius 3 is 2.50 bits per heavy atom. The first-order valence-corrected chi connectivity index (χ1v) is 10.5. The highest BCUT2D eigenvalue weighted by Crippen LogP contribution is 2.23. The van der Waals surface area contributed by atoms with Crippen LogP contribution in [0.1, 0.15) is 36.9 Å². The molecule has 0 saturated heterocycles. The molecule has 0 spiro atoms. The fourth-order valence-corrected chi connectivity index (χ4v) is 3.78. The van der Waals surface area contributed by atoms with Crippen LogP contribution in [0.2, 0.25) is 0 Å². The fraction of sp³-hybridized carbons (Fsp3) is 0.318. The van der Waals surface area contributed by atoms with Crippen LogP contribution in [0.5, 0.6) is 0 Å². The van der Waals surface area contributed by atoms with Crippen molar-refractivity contribution in [3.63, 3.8) is 0 Å². The van der Waals surface area contributed by atoms with Crippen LogP contribution in [-0.4, -0.2) is 26.4 Å². The standard InChI is InChI=1S/C22H26N4OS/c1-4-8-19(17-9-6-5-7-10-17)23-20(27)15-28-22-25-24-21(26(22)3)18-13-11-16(2)12-14-18/h5-7,9-14,19H,4,8,15H2,1-3H3,(H,23,27). The highest BCUT2D eigenvalue weighted by Gasteiger charge is 2.16. The van der Waals surface area contributed by atoms with Gasteiger partial charge in [-0.2, -0.15) is 0 Å². The second-order valence-electron chi connectivity index (χ2n) is 6.84. The lowest BCUT2D eigenvalue weighted by atomic mass is 10.0. The maximum Gasteiger partial charge on any atom is 0.230 e. The van der Waals surface area contributed by atoms with E-state index in [1.807, 2.05) is 41.9 Å². The summed E-state index contributed by atoms with van der Waals surface area (Å²) in [5.74, 6) is 1.12. The van der Waals surface area contributed by atoms with Gasteiger partial charge in [-0.05, 0) is 18.9 Å². The van der Waals surface area contributed by atoms with E-state index in [0.717, 1.165) is 34.9 Å². The van der Waals surface area contributed by atoms with Crippen LogP contribution in [-0.2, 0) is 11.8 Å². The number of thioether (sulfide) groups is 1. The second kappa shape index (κ2) is 9.55. The van der Waals surface area contributed by atoms with Gasteiger partial charge in [0, 0.05) is 12.6 Å². The third-order valence-electron chi connectivity index (χ3n) is 4.59. The zero-order valence-corrected chi connectivity index (χ0v) is 17.4. The molecule has 6 heteroatoms. The summed E-state index contributed by atoms with van der Waals surface area (Å²) < 4.78 is 1.93. The van der Waals surface area contributed by atoms with Crippen LogP contribution in [0.3, 0.4) is 0 Å². The number of hydrogen-bond acceptors (Lipinski definition) is 4. The summed E-state index contributed by atoms with van der Waals surface area (Å²) >= 11 is 1.41. The predicted octanol–water partition coefficient (Wildman–Crippen LogP) is 4.54. The van der Waals surface area contributed by atoms with Gasteiger partial charge in [-0.15, -0.1) is 10.2 Å². The molecule has 5 nitrogen and oxygen atoms in total. The molecule has 2 aromatic carbocycles. The molecule has 0 radical (unpaired) electrons. The molecule has 146 valence electrons. The summed E-state index contributed by atoms with van der Waals surface area (Å²) in [7, 11) is 1.93. The minimum atomic E-state index is 0.00666. The van der Waals surface area contributed by atoms with E-state index in [-0.39, 0.29) is 11.9 Å². The summed E-state index contributed by atoms with van der Waals surface area (Å²) in [5, 5.41) is 12.4. The second-order valence-corrected chi connectivity index (χ2v) is 7.78. The molecule has 0 saturated carbocycles. The molecular weight excluding hydrogens is 368 g/mol. The molecule has 1 amide bonds. The number of carbonyl (C=O) groups is 1. The molecule has 1 unspecified atom stereocenters. The number of hydrogen-bond donors (Lipinski definition) is 1. The van der Waals surface area contributed by atoms with Gasteiger partial charge >= 0.3 is 0 Å². The van der Waals surface area contributed by atoms with Gasteiger partial charge in [0.2, 0.25) is 5.91 Å². The van der Waals surface area contributed by atoms with Crippen LogP contribution in [0.25, 0.3) is 11.4 Å². The Hall–Kier alpha value is -2.60. The van der Waals surface area contributed by atoms with Gasteiger partial charge in [0.25, 0.3) is 0 Å². The van der Waals surface area contributed by atoms with Gasteiger partial charge in [-0.1, -0.05) is 85.3 Å². The first-order chi connectivity index (χ1) is 13.6. The molecule has 0 aliphatic rings. The number of aryl methyl sites for hydroxylation is 1. The zero-order chi connectivity index (χ0) is 19.9. The van der Waals surface area contributed by atoms with Gasteiger partial charge in [-0.25, -0.2) is 0 Å². The van der Waals surface area contributed by atoms with Crippen molar-refractivity contribution in [2.45, 2.75) is 37.9 Å². The number of benzene rings is 2. The number of aromatic nitrogens is 3. The first-order valence-electron chi connectivity index (χ1n) is 9.52.